The normalized spacial score (nSPS) is 11.9. The second-order valence-corrected chi connectivity index (χ2v) is 19.5. The lowest BCUT2D eigenvalue weighted by molar-refractivity contribution is -0.146. The summed E-state index contributed by atoms with van der Waals surface area (Å²) < 4.78 is 32.1. The molecule has 9 aromatic rings. The minimum Gasteiger partial charge on any atom is -0.493 e. The number of nitrogens with one attached hydrogen (secondary N) is 5. The molecule has 19 heteroatoms. The van der Waals surface area contributed by atoms with Crippen molar-refractivity contribution in [2.24, 2.45) is 0 Å². The van der Waals surface area contributed by atoms with E-state index in [-0.39, 0.29) is 61.9 Å². The Labute approximate surface area is 485 Å². The highest BCUT2D eigenvalue weighted by Crippen LogP contribution is 2.30. The molecule has 10 rings (SSSR count). The van der Waals surface area contributed by atoms with Crippen LogP contribution in [0.15, 0.2) is 164 Å². The molecule has 0 aliphatic carbocycles. The number of aromatic amines is 4. The number of methoxy groups -OCH3 is 2. The number of hydrogen-bond acceptors (Lipinski definition) is 12. The van der Waals surface area contributed by atoms with Gasteiger partial charge in [0.25, 0.3) is 6.47 Å². The van der Waals surface area contributed by atoms with Crippen LogP contribution in [0.5, 0.6) is 17.2 Å². The smallest absolute Gasteiger partial charge is 0.338 e. The van der Waals surface area contributed by atoms with Gasteiger partial charge < -0.3 is 63.9 Å². The van der Waals surface area contributed by atoms with Crippen LogP contribution in [0.1, 0.15) is 94.5 Å². The summed E-state index contributed by atoms with van der Waals surface area (Å²) in [6.07, 6.45) is 0.436. The first-order valence-corrected chi connectivity index (χ1v) is 27.0. The molecule has 0 saturated carbocycles. The van der Waals surface area contributed by atoms with Gasteiger partial charge in [0, 0.05) is 79.4 Å². The van der Waals surface area contributed by atoms with E-state index < -0.39 is 23.9 Å². The van der Waals surface area contributed by atoms with Crippen LogP contribution in [0.4, 0.5) is 0 Å². The summed E-state index contributed by atoms with van der Waals surface area (Å²) >= 11 is 0. The fraction of sp³-hybridized carbons (Fsp3) is 0.152. The Kier molecular flexibility index (Phi) is 17.8. The van der Waals surface area contributed by atoms with Crippen molar-refractivity contribution in [1.82, 2.24) is 25.3 Å². The van der Waals surface area contributed by atoms with Crippen molar-refractivity contribution < 1.29 is 67.4 Å². The number of ether oxygens (including phenoxy) is 6. The molecule has 430 valence electrons. The largest absolute Gasteiger partial charge is 0.493 e. The number of carboxylic acids is 2. The fourth-order valence-corrected chi connectivity index (χ4v) is 10.0. The van der Waals surface area contributed by atoms with Crippen molar-refractivity contribution >= 4 is 58.5 Å². The van der Waals surface area contributed by atoms with Crippen LogP contribution in [0.2, 0.25) is 0 Å². The first-order valence-electron chi connectivity index (χ1n) is 27.0. The Bertz CT molecular complexity index is 4210. The average molecular weight is 1140 g/mol. The van der Waals surface area contributed by atoms with E-state index in [0.717, 1.165) is 44.5 Å². The van der Waals surface area contributed by atoms with Crippen molar-refractivity contribution in [3.63, 3.8) is 0 Å². The van der Waals surface area contributed by atoms with Crippen molar-refractivity contribution in [3.05, 3.63) is 252 Å². The zero-order chi connectivity index (χ0) is 59.4. The third kappa shape index (κ3) is 13.4. The number of aromatic nitrogens is 4. The van der Waals surface area contributed by atoms with Gasteiger partial charge in [0.15, 0.2) is 11.5 Å². The third-order valence-electron chi connectivity index (χ3n) is 14.2. The average Bonchev–Trinajstić information content (AvgIpc) is 4.18. The molecule has 0 spiro atoms. The summed E-state index contributed by atoms with van der Waals surface area (Å²) in [5.74, 6) is -1.96. The molecule has 1 aliphatic heterocycles. The van der Waals surface area contributed by atoms with Gasteiger partial charge in [0.1, 0.15) is 19.0 Å². The van der Waals surface area contributed by atoms with E-state index in [0.29, 0.717) is 86.4 Å². The summed E-state index contributed by atoms with van der Waals surface area (Å²) in [5, 5.41) is 25.2. The van der Waals surface area contributed by atoms with Gasteiger partial charge in [0.05, 0.1) is 50.5 Å². The van der Waals surface area contributed by atoms with Gasteiger partial charge in [-0.15, -0.1) is 0 Å². The third-order valence-corrected chi connectivity index (χ3v) is 14.2. The van der Waals surface area contributed by atoms with Gasteiger partial charge in [-0.2, -0.15) is 0 Å². The Balaban J connectivity index is 0.895. The molecule has 0 radical (unpaired) electrons. The molecule has 85 heavy (non-hydrogen) atoms. The Morgan fingerprint density at radius 3 is 1.34 bits per heavy atom. The van der Waals surface area contributed by atoms with Crippen LogP contribution in [-0.2, 0) is 35.0 Å². The number of fused-ring (bicyclic) bond motifs is 8. The molecular formula is C66H57N5O14. The number of carbonyl (C=O) groups is 6. The number of rotatable bonds is 23. The van der Waals surface area contributed by atoms with E-state index in [1.54, 1.807) is 93.1 Å². The quantitative estimate of drug-likeness (QED) is 0.0217. The number of aromatic carboxylic acids is 2. The molecule has 8 bridgehead atoms. The topological polar surface area (TPSA) is 273 Å². The lowest BCUT2D eigenvalue weighted by atomic mass is 10.0. The minimum absolute atomic E-state index is 0.0316. The van der Waals surface area contributed by atoms with Crippen LogP contribution in [0, 0.1) is 0 Å². The number of esters is 2. The van der Waals surface area contributed by atoms with Gasteiger partial charge in [0.2, 0.25) is 5.91 Å². The summed E-state index contributed by atoms with van der Waals surface area (Å²) in [6, 6.07) is 48.4. The highest BCUT2D eigenvalue weighted by Gasteiger charge is 2.21. The SMILES string of the molecule is COc1ccc(CCNC(=O)CCC(=O)OCCOCCOC(=O)c2ccc(C3=c4ccc([nH]4)=C(c4ccc(OC=O)cc4)c4ccc([nH]4)C(c4ccc(C(=O)O)cc4)=c4ccc([nH]4)=C(c4ccc(C(=O)O)cc4)c4ccc3[nH]4)cc2)cc1OC. The zero-order valence-corrected chi connectivity index (χ0v) is 46.1. The van der Waals surface area contributed by atoms with E-state index in [1.165, 1.54) is 0 Å². The maximum atomic E-state index is 13.4. The number of H-pyrrole nitrogens is 4. The molecule has 0 fully saturated rings. The van der Waals surface area contributed by atoms with Crippen molar-refractivity contribution in [3.8, 4) is 17.2 Å². The van der Waals surface area contributed by atoms with Gasteiger partial charge in [-0.05, 0) is 143 Å². The number of hydrogen-bond donors (Lipinski definition) is 7. The Hall–Kier alpha value is -10.9. The van der Waals surface area contributed by atoms with Gasteiger partial charge >= 0.3 is 23.9 Å². The van der Waals surface area contributed by atoms with Gasteiger partial charge in [-0.1, -0.05) is 54.6 Å². The van der Waals surface area contributed by atoms with E-state index >= 15 is 0 Å². The monoisotopic (exact) mass is 1140 g/mol. The van der Waals surface area contributed by atoms with E-state index in [1.807, 2.05) is 84.9 Å². The molecule has 5 heterocycles. The molecule has 1 amide bonds. The molecule has 4 aromatic heterocycles. The molecule has 5 aromatic carbocycles. The second-order valence-electron chi connectivity index (χ2n) is 19.5. The van der Waals surface area contributed by atoms with Crippen molar-refractivity contribution in [2.75, 3.05) is 47.2 Å². The second kappa shape index (κ2) is 26.3. The number of amides is 1. The van der Waals surface area contributed by atoms with Gasteiger partial charge in [-0.3, -0.25) is 14.4 Å². The molecule has 0 atom stereocenters. The minimum atomic E-state index is -1.06. The highest BCUT2D eigenvalue weighted by molar-refractivity contribution is 5.92. The van der Waals surface area contributed by atoms with Gasteiger partial charge in [-0.25, -0.2) is 14.4 Å². The van der Waals surface area contributed by atoms with Crippen molar-refractivity contribution in [1.29, 1.82) is 0 Å². The Morgan fingerprint density at radius 1 is 0.471 bits per heavy atom. The van der Waals surface area contributed by atoms with E-state index in [9.17, 15) is 39.0 Å². The van der Waals surface area contributed by atoms with Crippen LogP contribution in [0.25, 0.3) is 22.3 Å². The van der Waals surface area contributed by atoms with Crippen LogP contribution in [0.3, 0.4) is 0 Å². The molecular weight excluding hydrogens is 1090 g/mol. The highest BCUT2D eigenvalue weighted by atomic mass is 16.6. The number of carboxylic acid groups (broad SMARTS) is 2. The summed E-state index contributed by atoms with van der Waals surface area (Å²) in [6.45, 7) is 0.723. The predicted octanol–water partition coefficient (Wildman–Crippen LogP) is 6.11. The van der Waals surface area contributed by atoms with Crippen LogP contribution in [-0.4, -0.2) is 114 Å². The maximum absolute atomic E-state index is 13.4. The fourth-order valence-electron chi connectivity index (χ4n) is 10.0. The summed E-state index contributed by atoms with van der Waals surface area (Å²) in [7, 11) is 3.11. The maximum Gasteiger partial charge on any atom is 0.338 e. The molecule has 7 N–H and O–H groups in total. The Morgan fingerprint density at radius 2 is 0.906 bits per heavy atom. The number of benzene rings is 5. The standard InChI is InChI=1S/C66H57N5O14/c1-80-56-28-3-39(37-57(56)81-2)31-32-67-58(73)29-30-59(74)83-35-33-82-34-36-84-66(79)46-14-8-42(9-15-46)62-52-23-22-50(69-52)60(40-4-10-44(11-5-40)64(75)76)48-20-21-49(68-48)61(41-6-12-45(13-7-41)65(77)78)51-24-26-54(70-51)63(55-27-25-53(62)71-55)43-16-18-47(19-17-43)85-38-72/h3-28,37-38,68-71H,29-36H2,1-2H3,(H,67,73)(H,75,76)(H,77,78). The predicted molar refractivity (Wildman–Crippen MR) is 312 cm³/mol. The number of carbonyl (C=O) groups excluding carboxylic acids is 4. The summed E-state index contributed by atoms with van der Waals surface area (Å²) in [5.41, 5.74) is 10.2. The first kappa shape index (κ1) is 57.3. The van der Waals surface area contributed by atoms with Crippen LogP contribution < -0.4 is 40.9 Å². The van der Waals surface area contributed by atoms with Crippen LogP contribution >= 0.6 is 0 Å². The van der Waals surface area contributed by atoms with Crippen molar-refractivity contribution in [2.45, 2.75) is 19.3 Å². The summed E-state index contributed by atoms with van der Waals surface area (Å²) in [4.78, 5) is 88.0. The molecule has 0 unspecified atom stereocenters. The van der Waals surface area contributed by atoms with E-state index in [4.69, 9.17) is 28.4 Å². The molecule has 0 saturated heterocycles. The lowest BCUT2D eigenvalue weighted by Gasteiger charge is -2.11. The zero-order valence-electron chi connectivity index (χ0n) is 46.1. The van der Waals surface area contributed by atoms with E-state index in [2.05, 4.69) is 25.3 Å². The first-order chi connectivity index (χ1) is 41.4. The lowest BCUT2D eigenvalue weighted by Crippen LogP contribution is -2.26. The molecule has 1 aliphatic rings. The molecule has 19 nitrogen and oxygen atoms in total.